The second-order valence-corrected chi connectivity index (χ2v) is 6.33. The Kier molecular flexibility index (Phi) is 5.70. The van der Waals surface area contributed by atoms with Crippen molar-refractivity contribution >= 4 is 18.3 Å². The summed E-state index contributed by atoms with van der Waals surface area (Å²) in [6, 6.07) is 9.56. The number of para-hydroxylation sites is 1. The van der Waals surface area contributed by atoms with Crippen LogP contribution < -0.4 is 10.1 Å². The molecule has 0 radical (unpaired) electrons. The fourth-order valence-corrected chi connectivity index (χ4v) is 3.43. The fourth-order valence-electron chi connectivity index (χ4n) is 3.43. The minimum Gasteiger partial charge on any atom is -0.481 e. The summed E-state index contributed by atoms with van der Waals surface area (Å²) in [5.74, 6) is 0.867. The van der Waals surface area contributed by atoms with E-state index in [0.29, 0.717) is 5.41 Å². The maximum atomic E-state index is 12.5. The van der Waals surface area contributed by atoms with Crippen LogP contribution in [0.3, 0.4) is 0 Å². The number of hydrogen-bond donors (Lipinski definition) is 1. The number of halogens is 1. The maximum absolute atomic E-state index is 12.5. The first-order valence-corrected chi connectivity index (χ1v) is 7.90. The van der Waals surface area contributed by atoms with E-state index in [2.05, 4.69) is 5.32 Å². The summed E-state index contributed by atoms with van der Waals surface area (Å²) in [4.78, 5) is 14.5. The van der Waals surface area contributed by atoms with Gasteiger partial charge < -0.3 is 15.0 Å². The molecule has 5 heteroatoms. The fraction of sp³-hybridized carbons (Fsp3) is 0.588. The van der Waals surface area contributed by atoms with Gasteiger partial charge in [-0.05, 0) is 50.3 Å². The molecule has 1 aromatic carbocycles. The van der Waals surface area contributed by atoms with Gasteiger partial charge in [0, 0.05) is 19.6 Å². The van der Waals surface area contributed by atoms with Crippen molar-refractivity contribution in [3.8, 4) is 5.75 Å². The Labute approximate surface area is 138 Å². The Morgan fingerprint density at radius 1 is 1.23 bits per heavy atom. The highest BCUT2D eigenvalue weighted by Gasteiger charge is 2.38. The third kappa shape index (κ3) is 3.73. The van der Waals surface area contributed by atoms with Gasteiger partial charge in [0.15, 0.2) is 6.10 Å². The average molecular weight is 325 g/mol. The first kappa shape index (κ1) is 17.1. The number of ether oxygens (including phenoxy) is 1. The van der Waals surface area contributed by atoms with E-state index in [1.165, 1.54) is 6.42 Å². The summed E-state index contributed by atoms with van der Waals surface area (Å²) in [7, 11) is 0. The van der Waals surface area contributed by atoms with Gasteiger partial charge in [-0.3, -0.25) is 4.79 Å². The van der Waals surface area contributed by atoms with Crippen molar-refractivity contribution in [3.05, 3.63) is 30.3 Å². The Morgan fingerprint density at radius 2 is 1.91 bits per heavy atom. The Bertz CT molecular complexity index is 479. The van der Waals surface area contributed by atoms with Crippen LogP contribution in [0.5, 0.6) is 5.75 Å². The SMILES string of the molecule is CC(Oc1ccccc1)C(=O)N1CCC2(CCNC2)CC1.Cl. The summed E-state index contributed by atoms with van der Waals surface area (Å²) < 4.78 is 5.74. The van der Waals surface area contributed by atoms with Crippen LogP contribution >= 0.6 is 12.4 Å². The van der Waals surface area contributed by atoms with Gasteiger partial charge in [-0.15, -0.1) is 12.4 Å². The van der Waals surface area contributed by atoms with Crippen molar-refractivity contribution < 1.29 is 9.53 Å². The van der Waals surface area contributed by atoms with Gasteiger partial charge in [-0.25, -0.2) is 0 Å². The lowest BCUT2D eigenvalue weighted by Crippen LogP contribution is -2.48. The molecule has 2 saturated heterocycles. The molecular weight excluding hydrogens is 300 g/mol. The molecule has 1 N–H and O–H groups in total. The Morgan fingerprint density at radius 3 is 2.50 bits per heavy atom. The van der Waals surface area contributed by atoms with Crippen molar-refractivity contribution in [1.82, 2.24) is 10.2 Å². The molecule has 1 aromatic rings. The van der Waals surface area contributed by atoms with Gasteiger partial charge in [0.1, 0.15) is 5.75 Å². The maximum Gasteiger partial charge on any atom is 0.263 e. The lowest BCUT2D eigenvalue weighted by molar-refractivity contribution is -0.140. The second-order valence-electron chi connectivity index (χ2n) is 6.33. The highest BCUT2D eigenvalue weighted by molar-refractivity contribution is 5.85. The molecule has 0 aromatic heterocycles. The summed E-state index contributed by atoms with van der Waals surface area (Å²) in [5.41, 5.74) is 0.445. The second kappa shape index (κ2) is 7.34. The van der Waals surface area contributed by atoms with Crippen LogP contribution in [0.4, 0.5) is 0 Å². The average Bonchev–Trinajstić information content (AvgIpc) is 2.96. The third-order valence-electron chi connectivity index (χ3n) is 4.87. The van der Waals surface area contributed by atoms with Crippen molar-refractivity contribution in [2.75, 3.05) is 26.2 Å². The number of rotatable bonds is 3. The highest BCUT2D eigenvalue weighted by atomic mass is 35.5. The lowest BCUT2D eigenvalue weighted by Gasteiger charge is -2.39. The monoisotopic (exact) mass is 324 g/mol. The van der Waals surface area contributed by atoms with Crippen molar-refractivity contribution in [1.29, 1.82) is 0 Å². The number of carbonyl (C=O) groups excluding carboxylic acids is 1. The Balaban J connectivity index is 0.00000176. The molecule has 122 valence electrons. The van der Waals surface area contributed by atoms with E-state index in [4.69, 9.17) is 4.74 Å². The normalized spacial score (nSPS) is 21.2. The van der Waals surface area contributed by atoms with Gasteiger partial charge >= 0.3 is 0 Å². The zero-order chi connectivity index (χ0) is 14.7. The molecule has 2 aliphatic rings. The van der Waals surface area contributed by atoms with Gasteiger partial charge in [0.2, 0.25) is 0 Å². The minimum absolute atomic E-state index is 0. The summed E-state index contributed by atoms with van der Waals surface area (Å²) in [6.45, 7) is 5.81. The molecule has 2 heterocycles. The van der Waals surface area contributed by atoms with Crippen LogP contribution in [0.25, 0.3) is 0 Å². The van der Waals surface area contributed by atoms with Gasteiger partial charge in [-0.1, -0.05) is 18.2 Å². The molecule has 2 fully saturated rings. The number of nitrogens with one attached hydrogen (secondary N) is 1. The number of likely N-dealkylation sites (tertiary alicyclic amines) is 1. The summed E-state index contributed by atoms with van der Waals surface area (Å²) in [5, 5.41) is 3.45. The van der Waals surface area contributed by atoms with Crippen molar-refractivity contribution in [2.24, 2.45) is 5.41 Å². The number of nitrogens with zero attached hydrogens (tertiary/aromatic N) is 1. The zero-order valence-corrected chi connectivity index (χ0v) is 13.9. The largest absolute Gasteiger partial charge is 0.481 e. The van der Waals surface area contributed by atoms with E-state index in [1.54, 1.807) is 0 Å². The first-order chi connectivity index (χ1) is 10.2. The molecule has 4 nitrogen and oxygen atoms in total. The molecule has 1 amide bonds. The molecular formula is C17H25ClN2O2. The van der Waals surface area contributed by atoms with Gasteiger partial charge in [0.05, 0.1) is 0 Å². The molecule has 22 heavy (non-hydrogen) atoms. The molecule has 1 spiro atoms. The molecule has 0 aliphatic carbocycles. The van der Waals surface area contributed by atoms with Crippen LogP contribution in [0, 0.1) is 5.41 Å². The van der Waals surface area contributed by atoms with E-state index in [9.17, 15) is 4.79 Å². The van der Waals surface area contributed by atoms with Gasteiger partial charge in [-0.2, -0.15) is 0 Å². The lowest BCUT2D eigenvalue weighted by atomic mass is 9.78. The zero-order valence-electron chi connectivity index (χ0n) is 13.1. The third-order valence-corrected chi connectivity index (χ3v) is 4.87. The van der Waals surface area contributed by atoms with Crippen LogP contribution in [-0.4, -0.2) is 43.1 Å². The molecule has 3 rings (SSSR count). The number of carbonyl (C=O) groups is 1. The first-order valence-electron chi connectivity index (χ1n) is 7.90. The van der Waals surface area contributed by atoms with Crippen molar-refractivity contribution in [3.63, 3.8) is 0 Å². The van der Waals surface area contributed by atoms with E-state index in [0.717, 1.165) is 44.8 Å². The smallest absolute Gasteiger partial charge is 0.263 e. The molecule has 0 bridgehead atoms. The van der Waals surface area contributed by atoms with E-state index < -0.39 is 6.10 Å². The van der Waals surface area contributed by atoms with Gasteiger partial charge in [0.25, 0.3) is 5.91 Å². The van der Waals surface area contributed by atoms with Crippen LogP contribution in [0.2, 0.25) is 0 Å². The minimum atomic E-state index is -0.414. The van der Waals surface area contributed by atoms with Crippen LogP contribution in [0.1, 0.15) is 26.2 Å². The number of piperidine rings is 1. The quantitative estimate of drug-likeness (QED) is 0.928. The van der Waals surface area contributed by atoms with E-state index in [-0.39, 0.29) is 18.3 Å². The molecule has 1 atom stereocenters. The summed E-state index contributed by atoms with van der Waals surface area (Å²) >= 11 is 0. The molecule has 0 saturated carbocycles. The standard InChI is InChI=1S/C17H24N2O2.ClH/c1-14(21-15-5-3-2-4-6-15)16(20)19-11-8-17(9-12-19)7-10-18-13-17;/h2-6,14,18H,7-13H2,1H3;1H. The number of benzene rings is 1. The predicted molar refractivity (Wildman–Crippen MR) is 89.5 cm³/mol. The summed E-state index contributed by atoms with van der Waals surface area (Å²) in [6.07, 6.45) is 3.07. The molecule has 1 unspecified atom stereocenters. The van der Waals surface area contributed by atoms with Crippen molar-refractivity contribution in [2.45, 2.75) is 32.3 Å². The van der Waals surface area contributed by atoms with Crippen LogP contribution in [-0.2, 0) is 4.79 Å². The van der Waals surface area contributed by atoms with Crippen LogP contribution in [0.15, 0.2) is 30.3 Å². The Hall–Kier alpha value is -1.26. The topological polar surface area (TPSA) is 41.6 Å². The van der Waals surface area contributed by atoms with E-state index >= 15 is 0 Å². The predicted octanol–water partition coefficient (Wildman–Crippen LogP) is 2.48. The number of hydrogen-bond acceptors (Lipinski definition) is 3. The van der Waals surface area contributed by atoms with E-state index in [1.807, 2.05) is 42.2 Å². The highest BCUT2D eigenvalue weighted by Crippen LogP contribution is 2.37. The molecule has 2 aliphatic heterocycles. The number of amides is 1.